The van der Waals surface area contributed by atoms with Crippen molar-refractivity contribution < 1.29 is 0 Å². The number of fused-ring (bicyclic) bond motifs is 1. The highest BCUT2D eigenvalue weighted by Crippen LogP contribution is 2.36. The lowest BCUT2D eigenvalue weighted by Crippen LogP contribution is -2.16. The molecule has 0 aliphatic carbocycles. The highest BCUT2D eigenvalue weighted by molar-refractivity contribution is 5.97. The lowest BCUT2D eigenvalue weighted by molar-refractivity contribution is 0.509. The molecule has 0 unspecified atom stereocenters. The van der Waals surface area contributed by atoms with E-state index in [1.807, 2.05) is 0 Å². The number of rotatable bonds is 3. The third kappa shape index (κ3) is 2.88. The molecule has 1 nitrogen and oxygen atoms in total. The van der Waals surface area contributed by atoms with Gasteiger partial charge in [0.25, 0.3) is 0 Å². The zero-order valence-electron chi connectivity index (χ0n) is 14.8. The fourth-order valence-electron chi connectivity index (χ4n) is 3.26. The molecule has 0 radical (unpaired) electrons. The fourth-order valence-corrected chi connectivity index (χ4v) is 3.26. The standard InChI is InChI=1S/C22H25N/c1-6-22(4,5)20-14-23-21(19-10-8-7-9-18(19)20)17-12-15(2)11-16(3)13-17/h7-14H,6H2,1-5H3. The Morgan fingerprint density at radius 3 is 2.13 bits per heavy atom. The first-order chi connectivity index (χ1) is 10.9. The van der Waals surface area contributed by atoms with Crippen LogP contribution in [0.3, 0.4) is 0 Å². The molecule has 118 valence electrons. The van der Waals surface area contributed by atoms with Crippen molar-refractivity contribution in [2.75, 3.05) is 0 Å². The molecule has 0 fully saturated rings. The van der Waals surface area contributed by atoms with Gasteiger partial charge in [-0.25, -0.2) is 0 Å². The predicted octanol–water partition coefficient (Wildman–Crippen LogP) is 6.21. The first-order valence-electron chi connectivity index (χ1n) is 8.39. The minimum atomic E-state index is 0.133. The zero-order chi connectivity index (χ0) is 16.6. The van der Waals surface area contributed by atoms with Crippen LogP contribution in [0.25, 0.3) is 22.0 Å². The van der Waals surface area contributed by atoms with Crippen molar-refractivity contribution in [1.29, 1.82) is 0 Å². The van der Waals surface area contributed by atoms with Crippen LogP contribution in [-0.4, -0.2) is 4.98 Å². The molecule has 1 heterocycles. The van der Waals surface area contributed by atoms with Crippen molar-refractivity contribution in [1.82, 2.24) is 4.98 Å². The summed E-state index contributed by atoms with van der Waals surface area (Å²) >= 11 is 0. The highest BCUT2D eigenvalue weighted by Gasteiger charge is 2.22. The Hall–Kier alpha value is -2.15. The molecule has 1 aromatic heterocycles. The van der Waals surface area contributed by atoms with Crippen LogP contribution in [-0.2, 0) is 5.41 Å². The van der Waals surface area contributed by atoms with Gasteiger partial charge in [0.15, 0.2) is 0 Å². The lowest BCUT2D eigenvalue weighted by Gasteiger charge is -2.25. The van der Waals surface area contributed by atoms with Crippen LogP contribution < -0.4 is 0 Å². The molecular formula is C22H25N. The van der Waals surface area contributed by atoms with Gasteiger partial charge >= 0.3 is 0 Å². The van der Waals surface area contributed by atoms with E-state index in [1.165, 1.54) is 33.0 Å². The van der Waals surface area contributed by atoms with Crippen LogP contribution >= 0.6 is 0 Å². The second-order valence-corrected chi connectivity index (χ2v) is 7.18. The van der Waals surface area contributed by atoms with E-state index in [1.54, 1.807) is 0 Å². The number of aryl methyl sites for hydroxylation is 2. The van der Waals surface area contributed by atoms with Gasteiger partial charge in [0.2, 0.25) is 0 Å². The second-order valence-electron chi connectivity index (χ2n) is 7.18. The first kappa shape index (κ1) is 15.7. The number of pyridine rings is 1. The normalized spacial score (nSPS) is 11.9. The summed E-state index contributed by atoms with van der Waals surface area (Å²) in [5.74, 6) is 0. The second kappa shape index (κ2) is 5.81. The van der Waals surface area contributed by atoms with Crippen molar-refractivity contribution in [3.8, 4) is 11.3 Å². The maximum absolute atomic E-state index is 4.87. The van der Waals surface area contributed by atoms with Crippen LogP contribution in [0.1, 0.15) is 43.9 Å². The molecule has 0 aliphatic rings. The van der Waals surface area contributed by atoms with E-state index < -0.39 is 0 Å². The van der Waals surface area contributed by atoms with Gasteiger partial charge < -0.3 is 0 Å². The summed E-state index contributed by atoms with van der Waals surface area (Å²) in [6.07, 6.45) is 3.18. The van der Waals surface area contributed by atoms with Crippen LogP contribution in [0.5, 0.6) is 0 Å². The summed E-state index contributed by atoms with van der Waals surface area (Å²) in [5, 5.41) is 2.57. The smallest absolute Gasteiger partial charge is 0.0780 e. The van der Waals surface area contributed by atoms with Crippen molar-refractivity contribution >= 4 is 10.8 Å². The van der Waals surface area contributed by atoms with Gasteiger partial charge in [-0.2, -0.15) is 0 Å². The Kier molecular flexibility index (Phi) is 3.97. The van der Waals surface area contributed by atoms with E-state index in [9.17, 15) is 0 Å². The van der Waals surface area contributed by atoms with Crippen LogP contribution in [0.2, 0.25) is 0 Å². The van der Waals surface area contributed by atoms with Crippen molar-refractivity contribution in [3.63, 3.8) is 0 Å². The molecule has 0 bridgehead atoms. The Bertz CT molecular complexity index is 839. The average Bonchev–Trinajstić information content (AvgIpc) is 2.52. The Labute approximate surface area is 139 Å². The minimum Gasteiger partial charge on any atom is -0.255 e. The van der Waals surface area contributed by atoms with E-state index in [2.05, 4.69) is 83.3 Å². The first-order valence-corrected chi connectivity index (χ1v) is 8.39. The van der Waals surface area contributed by atoms with Gasteiger partial charge in [-0.3, -0.25) is 4.98 Å². The fraction of sp³-hybridized carbons (Fsp3) is 0.318. The summed E-state index contributed by atoms with van der Waals surface area (Å²) in [5.41, 5.74) is 6.33. The van der Waals surface area contributed by atoms with Gasteiger partial charge in [-0.15, -0.1) is 0 Å². The van der Waals surface area contributed by atoms with Gasteiger partial charge in [-0.1, -0.05) is 62.2 Å². The maximum atomic E-state index is 4.87. The summed E-state index contributed by atoms with van der Waals surface area (Å²) in [6, 6.07) is 15.3. The Balaban J connectivity index is 2.31. The van der Waals surface area contributed by atoms with E-state index in [4.69, 9.17) is 4.98 Å². The Morgan fingerprint density at radius 1 is 0.913 bits per heavy atom. The van der Waals surface area contributed by atoms with Gasteiger partial charge in [0.05, 0.1) is 5.69 Å². The molecule has 0 atom stereocenters. The third-order valence-electron chi connectivity index (χ3n) is 4.90. The van der Waals surface area contributed by atoms with Crippen LogP contribution in [0, 0.1) is 13.8 Å². The highest BCUT2D eigenvalue weighted by atomic mass is 14.7. The molecule has 0 saturated carbocycles. The molecule has 3 rings (SSSR count). The number of nitrogens with zero attached hydrogens (tertiary/aromatic N) is 1. The summed E-state index contributed by atoms with van der Waals surface area (Å²) in [6.45, 7) is 11.1. The quantitative estimate of drug-likeness (QED) is 0.561. The molecule has 0 amide bonds. The van der Waals surface area contributed by atoms with Crippen molar-refractivity contribution in [2.24, 2.45) is 0 Å². The maximum Gasteiger partial charge on any atom is 0.0780 e. The number of hydrogen-bond donors (Lipinski definition) is 0. The SMILES string of the molecule is CCC(C)(C)c1cnc(-c2cc(C)cc(C)c2)c2ccccc12. The molecular weight excluding hydrogens is 278 g/mol. The van der Waals surface area contributed by atoms with E-state index in [0.717, 1.165) is 12.1 Å². The van der Waals surface area contributed by atoms with Crippen molar-refractivity contribution in [3.05, 3.63) is 65.4 Å². The predicted molar refractivity (Wildman–Crippen MR) is 100.0 cm³/mol. The van der Waals surface area contributed by atoms with Gasteiger partial charge in [-0.05, 0) is 48.8 Å². The molecule has 1 heteroatoms. The molecule has 3 aromatic rings. The monoisotopic (exact) mass is 303 g/mol. The summed E-state index contributed by atoms with van der Waals surface area (Å²) in [7, 11) is 0. The molecule has 23 heavy (non-hydrogen) atoms. The minimum absolute atomic E-state index is 0.133. The molecule has 0 N–H and O–H groups in total. The van der Waals surface area contributed by atoms with Gasteiger partial charge in [0.1, 0.15) is 0 Å². The van der Waals surface area contributed by atoms with Gasteiger partial charge in [0, 0.05) is 17.1 Å². The van der Waals surface area contributed by atoms with E-state index in [0.29, 0.717) is 0 Å². The molecule has 0 aliphatic heterocycles. The number of benzene rings is 2. The average molecular weight is 303 g/mol. The van der Waals surface area contributed by atoms with E-state index in [-0.39, 0.29) is 5.41 Å². The number of hydrogen-bond acceptors (Lipinski definition) is 1. The Morgan fingerprint density at radius 2 is 1.52 bits per heavy atom. The molecule has 2 aromatic carbocycles. The number of aromatic nitrogens is 1. The topological polar surface area (TPSA) is 12.9 Å². The summed E-state index contributed by atoms with van der Waals surface area (Å²) < 4.78 is 0. The molecule has 0 spiro atoms. The van der Waals surface area contributed by atoms with Crippen LogP contribution in [0.15, 0.2) is 48.7 Å². The van der Waals surface area contributed by atoms with E-state index >= 15 is 0 Å². The molecule has 0 saturated heterocycles. The third-order valence-corrected chi connectivity index (χ3v) is 4.90. The zero-order valence-corrected chi connectivity index (χ0v) is 14.8. The lowest BCUT2D eigenvalue weighted by atomic mass is 9.80. The van der Waals surface area contributed by atoms with Crippen LogP contribution in [0.4, 0.5) is 0 Å². The largest absolute Gasteiger partial charge is 0.255 e. The summed E-state index contributed by atoms with van der Waals surface area (Å²) in [4.78, 5) is 4.87. The van der Waals surface area contributed by atoms with Crippen molar-refractivity contribution in [2.45, 2.75) is 46.5 Å².